The van der Waals surface area contributed by atoms with E-state index in [1.165, 1.54) is 0 Å². The van der Waals surface area contributed by atoms with E-state index in [9.17, 15) is 9.90 Å². The Morgan fingerprint density at radius 3 is 2.67 bits per heavy atom. The van der Waals surface area contributed by atoms with Crippen molar-refractivity contribution in [3.05, 3.63) is 29.3 Å². The topological polar surface area (TPSA) is 69.6 Å². The maximum absolute atomic E-state index is 12.1. The zero-order valence-electron chi connectivity index (χ0n) is 11.2. The molecule has 0 aliphatic heterocycles. The second-order valence-electron chi connectivity index (χ2n) is 4.81. The molecule has 0 aromatic heterocycles. The second-order valence-corrected chi connectivity index (χ2v) is 4.81. The fourth-order valence-corrected chi connectivity index (χ4v) is 1.76. The SMILES string of the molecule is CCC(C)(CCO)NC(=O)c1cccc(C)c1O. The molecule has 1 rings (SSSR count). The molecule has 1 unspecified atom stereocenters. The van der Waals surface area contributed by atoms with Crippen molar-refractivity contribution in [3.8, 4) is 5.75 Å². The van der Waals surface area contributed by atoms with Crippen LogP contribution in [0.15, 0.2) is 18.2 Å². The Morgan fingerprint density at radius 1 is 1.44 bits per heavy atom. The van der Waals surface area contributed by atoms with Gasteiger partial charge in [-0.2, -0.15) is 0 Å². The maximum atomic E-state index is 12.1. The Balaban J connectivity index is 2.91. The highest BCUT2D eigenvalue weighted by molar-refractivity contribution is 5.97. The van der Waals surface area contributed by atoms with Crippen molar-refractivity contribution in [2.45, 2.75) is 39.2 Å². The van der Waals surface area contributed by atoms with E-state index in [1.807, 2.05) is 13.8 Å². The molecule has 18 heavy (non-hydrogen) atoms. The Labute approximate surface area is 108 Å². The van der Waals surface area contributed by atoms with Crippen LogP contribution < -0.4 is 5.32 Å². The fraction of sp³-hybridized carbons (Fsp3) is 0.500. The molecule has 3 N–H and O–H groups in total. The monoisotopic (exact) mass is 251 g/mol. The van der Waals surface area contributed by atoms with Gasteiger partial charge in [0.2, 0.25) is 0 Å². The molecule has 0 aliphatic rings. The maximum Gasteiger partial charge on any atom is 0.255 e. The molecular formula is C14H21NO3. The summed E-state index contributed by atoms with van der Waals surface area (Å²) in [5.74, 6) is -0.300. The van der Waals surface area contributed by atoms with E-state index in [0.717, 1.165) is 0 Å². The van der Waals surface area contributed by atoms with Gasteiger partial charge in [0.05, 0.1) is 5.56 Å². The number of rotatable bonds is 5. The van der Waals surface area contributed by atoms with Gasteiger partial charge in [0, 0.05) is 12.1 Å². The second kappa shape index (κ2) is 5.87. The zero-order valence-corrected chi connectivity index (χ0v) is 11.2. The van der Waals surface area contributed by atoms with Crippen LogP contribution in [0.5, 0.6) is 5.75 Å². The number of hydrogen-bond acceptors (Lipinski definition) is 3. The smallest absolute Gasteiger partial charge is 0.255 e. The summed E-state index contributed by atoms with van der Waals surface area (Å²) in [6, 6.07) is 5.07. The van der Waals surface area contributed by atoms with E-state index in [2.05, 4.69) is 5.32 Å². The Hall–Kier alpha value is -1.55. The molecule has 0 fully saturated rings. The number of amides is 1. The Kier molecular flexibility index (Phi) is 4.73. The van der Waals surface area contributed by atoms with Gasteiger partial charge < -0.3 is 15.5 Å². The van der Waals surface area contributed by atoms with Gasteiger partial charge in [0.25, 0.3) is 5.91 Å². The van der Waals surface area contributed by atoms with Gasteiger partial charge in [0.15, 0.2) is 0 Å². The van der Waals surface area contributed by atoms with Gasteiger partial charge in [0.1, 0.15) is 5.75 Å². The lowest BCUT2D eigenvalue weighted by atomic mass is 9.94. The Bertz CT molecular complexity index is 431. The van der Waals surface area contributed by atoms with Crippen LogP contribution in [0.2, 0.25) is 0 Å². The van der Waals surface area contributed by atoms with Crippen molar-refractivity contribution in [2.24, 2.45) is 0 Å². The third-order valence-electron chi connectivity index (χ3n) is 3.34. The van der Waals surface area contributed by atoms with Crippen LogP contribution in [0.1, 0.15) is 42.6 Å². The molecule has 0 aliphatic carbocycles. The molecular weight excluding hydrogens is 230 g/mol. The van der Waals surface area contributed by atoms with Crippen LogP contribution in [0.25, 0.3) is 0 Å². The lowest BCUT2D eigenvalue weighted by molar-refractivity contribution is 0.0883. The first-order chi connectivity index (χ1) is 8.43. The summed E-state index contributed by atoms with van der Waals surface area (Å²) in [5, 5.41) is 21.7. The van der Waals surface area contributed by atoms with Crippen LogP contribution in [-0.2, 0) is 0 Å². The van der Waals surface area contributed by atoms with Crippen molar-refractivity contribution < 1.29 is 15.0 Å². The number of phenols is 1. The molecule has 1 atom stereocenters. The minimum atomic E-state index is -0.456. The largest absolute Gasteiger partial charge is 0.507 e. The van der Waals surface area contributed by atoms with E-state index in [-0.39, 0.29) is 23.8 Å². The van der Waals surface area contributed by atoms with Gasteiger partial charge in [-0.05, 0) is 38.3 Å². The molecule has 0 bridgehead atoms. The predicted molar refractivity (Wildman–Crippen MR) is 70.7 cm³/mol. The van der Waals surface area contributed by atoms with Crippen LogP contribution in [-0.4, -0.2) is 28.3 Å². The summed E-state index contributed by atoms with van der Waals surface area (Å²) >= 11 is 0. The standard InChI is InChI=1S/C14H21NO3/c1-4-14(3,8-9-16)15-13(18)11-7-5-6-10(2)12(11)17/h5-7,16-17H,4,8-9H2,1-3H3,(H,15,18). The highest BCUT2D eigenvalue weighted by Crippen LogP contribution is 2.23. The summed E-state index contributed by atoms with van der Waals surface area (Å²) < 4.78 is 0. The predicted octanol–water partition coefficient (Wildman–Crippen LogP) is 1.98. The van der Waals surface area contributed by atoms with Gasteiger partial charge in [-0.15, -0.1) is 0 Å². The number of hydrogen-bond donors (Lipinski definition) is 3. The van der Waals surface area contributed by atoms with Crippen LogP contribution in [0, 0.1) is 6.92 Å². The van der Waals surface area contributed by atoms with Crippen molar-refractivity contribution in [3.63, 3.8) is 0 Å². The van der Waals surface area contributed by atoms with Crippen molar-refractivity contribution in [2.75, 3.05) is 6.61 Å². The number of carbonyl (C=O) groups excluding carboxylic acids is 1. The number of para-hydroxylation sites is 1. The van der Waals surface area contributed by atoms with Crippen LogP contribution in [0.3, 0.4) is 0 Å². The van der Waals surface area contributed by atoms with Gasteiger partial charge in [-0.3, -0.25) is 4.79 Å². The van der Waals surface area contributed by atoms with Crippen LogP contribution >= 0.6 is 0 Å². The summed E-state index contributed by atoms with van der Waals surface area (Å²) in [4.78, 5) is 12.1. The number of aliphatic hydroxyl groups is 1. The first kappa shape index (κ1) is 14.5. The number of aromatic hydroxyl groups is 1. The molecule has 0 spiro atoms. The summed E-state index contributed by atoms with van der Waals surface area (Å²) in [7, 11) is 0. The van der Waals surface area contributed by atoms with Gasteiger partial charge in [-0.25, -0.2) is 0 Å². The summed E-state index contributed by atoms with van der Waals surface area (Å²) in [5.41, 5.74) is 0.484. The number of benzene rings is 1. The molecule has 4 nitrogen and oxygen atoms in total. The third-order valence-corrected chi connectivity index (χ3v) is 3.34. The molecule has 1 amide bonds. The molecule has 0 radical (unpaired) electrons. The number of carbonyl (C=O) groups is 1. The van der Waals surface area contributed by atoms with Crippen molar-refractivity contribution in [1.29, 1.82) is 0 Å². The average molecular weight is 251 g/mol. The number of aryl methyl sites for hydroxylation is 1. The molecule has 4 heteroatoms. The quantitative estimate of drug-likeness (QED) is 0.749. The Morgan fingerprint density at radius 2 is 2.11 bits per heavy atom. The summed E-state index contributed by atoms with van der Waals surface area (Å²) in [6.45, 7) is 5.60. The number of nitrogens with one attached hydrogen (secondary N) is 1. The minimum absolute atomic E-state index is 0.0115. The van der Waals surface area contributed by atoms with Crippen molar-refractivity contribution >= 4 is 5.91 Å². The first-order valence-electron chi connectivity index (χ1n) is 6.15. The summed E-state index contributed by atoms with van der Waals surface area (Å²) in [6.07, 6.45) is 1.20. The average Bonchev–Trinajstić information content (AvgIpc) is 2.32. The van der Waals surface area contributed by atoms with E-state index >= 15 is 0 Å². The lowest BCUT2D eigenvalue weighted by Crippen LogP contribution is -2.46. The molecule has 0 saturated carbocycles. The van der Waals surface area contributed by atoms with Gasteiger partial charge in [-0.1, -0.05) is 19.1 Å². The highest BCUT2D eigenvalue weighted by atomic mass is 16.3. The number of phenolic OH excluding ortho intramolecular Hbond substituents is 1. The molecule has 0 saturated heterocycles. The van der Waals surface area contributed by atoms with E-state index in [0.29, 0.717) is 18.4 Å². The minimum Gasteiger partial charge on any atom is -0.507 e. The molecule has 1 aromatic rings. The molecule has 100 valence electrons. The van der Waals surface area contributed by atoms with E-state index < -0.39 is 5.54 Å². The van der Waals surface area contributed by atoms with E-state index in [1.54, 1.807) is 25.1 Å². The fourth-order valence-electron chi connectivity index (χ4n) is 1.76. The third kappa shape index (κ3) is 3.23. The molecule has 0 heterocycles. The first-order valence-corrected chi connectivity index (χ1v) is 6.15. The normalized spacial score (nSPS) is 14.0. The highest BCUT2D eigenvalue weighted by Gasteiger charge is 2.25. The van der Waals surface area contributed by atoms with E-state index in [4.69, 9.17) is 5.11 Å². The molecule has 1 aromatic carbocycles. The van der Waals surface area contributed by atoms with Gasteiger partial charge >= 0.3 is 0 Å². The van der Waals surface area contributed by atoms with Crippen LogP contribution in [0.4, 0.5) is 0 Å². The van der Waals surface area contributed by atoms with Crippen molar-refractivity contribution in [1.82, 2.24) is 5.32 Å². The number of aliphatic hydroxyl groups excluding tert-OH is 1. The lowest BCUT2D eigenvalue weighted by Gasteiger charge is -2.29. The zero-order chi connectivity index (χ0) is 13.8.